The third-order valence-electron chi connectivity index (χ3n) is 4.20. The Morgan fingerprint density at radius 3 is 2.30 bits per heavy atom. The number of rotatable bonds is 13. The summed E-state index contributed by atoms with van der Waals surface area (Å²) in [4.78, 5) is 11.5. The van der Waals surface area contributed by atoms with Crippen molar-refractivity contribution in [1.29, 1.82) is 0 Å². The van der Waals surface area contributed by atoms with Crippen molar-refractivity contribution in [3.8, 4) is 5.75 Å². The van der Waals surface area contributed by atoms with Gasteiger partial charge in [-0.1, -0.05) is 44.9 Å². The fraction of sp³-hybridized carbons (Fsp3) is 0.650. The number of hydrogen-bond acceptors (Lipinski definition) is 5. The first-order valence-electron chi connectivity index (χ1n) is 9.71. The molecule has 0 aliphatic rings. The lowest BCUT2D eigenvalue weighted by atomic mass is 10.2. The van der Waals surface area contributed by atoms with Gasteiger partial charge in [-0.3, -0.25) is 4.79 Å². The van der Waals surface area contributed by atoms with Crippen LogP contribution in [0.5, 0.6) is 5.75 Å². The van der Waals surface area contributed by atoms with E-state index in [1.54, 1.807) is 24.3 Å². The average molecular weight is 416 g/mol. The van der Waals surface area contributed by atoms with E-state index in [0.717, 1.165) is 32.1 Å². The second kappa shape index (κ2) is 12.4. The summed E-state index contributed by atoms with van der Waals surface area (Å²) in [7, 11) is -3.62. The van der Waals surface area contributed by atoms with Crippen molar-refractivity contribution >= 4 is 26.9 Å². The van der Waals surface area contributed by atoms with Gasteiger partial charge in [0.25, 0.3) is 0 Å². The molecule has 0 radical (unpaired) electrons. The van der Waals surface area contributed by atoms with E-state index >= 15 is 0 Å². The van der Waals surface area contributed by atoms with E-state index in [9.17, 15) is 13.2 Å². The first-order valence-corrected chi connectivity index (χ1v) is 12.1. The molecule has 0 saturated carbocycles. The Hall–Kier alpha value is -1.05. The lowest BCUT2D eigenvalue weighted by molar-refractivity contribution is -0.109. The third-order valence-corrected chi connectivity index (χ3v) is 7.28. The van der Waals surface area contributed by atoms with Crippen LogP contribution in [0.4, 0.5) is 0 Å². The van der Waals surface area contributed by atoms with Crippen LogP contribution < -0.4 is 4.74 Å². The molecule has 1 unspecified atom stereocenters. The molecule has 0 aromatic heterocycles. The SMILES string of the molecule is CCCCCN(C(C)CSC(C)=O)S(=O)(=O)c1ccc(OCCCC)cc1. The number of ether oxygens (including phenoxy) is 1. The van der Waals surface area contributed by atoms with Crippen molar-refractivity contribution < 1.29 is 17.9 Å². The molecule has 0 saturated heterocycles. The number of carbonyl (C=O) groups excluding carboxylic acids is 1. The van der Waals surface area contributed by atoms with Gasteiger partial charge in [-0.25, -0.2) is 8.42 Å². The fourth-order valence-corrected chi connectivity index (χ4v) is 5.01. The highest BCUT2D eigenvalue weighted by molar-refractivity contribution is 8.13. The molecule has 0 bridgehead atoms. The maximum atomic E-state index is 13.2. The molecule has 154 valence electrons. The van der Waals surface area contributed by atoms with Crippen LogP contribution in [0, 0.1) is 0 Å². The molecule has 27 heavy (non-hydrogen) atoms. The maximum Gasteiger partial charge on any atom is 0.243 e. The number of carbonyl (C=O) groups is 1. The monoisotopic (exact) mass is 415 g/mol. The highest BCUT2D eigenvalue weighted by Crippen LogP contribution is 2.23. The van der Waals surface area contributed by atoms with Crippen LogP contribution in [0.15, 0.2) is 29.2 Å². The molecule has 0 aliphatic carbocycles. The molecule has 0 amide bonds. The standard InChI is InChI=1S/C20H33NO4S2/c1-5-7-9-14-21(17(3)16-26-18(4)22)27(23,24)20-12-10-19(11-13-20)25-15-8-6-2/h10-13,17H,5-9,14-16H2,1-4H3. The van der Waals surface area contributed by atoms with Crippen LogP contribution in [0.3, 0.4) is 0 Å². The van der Waals surface area contributed by atoms with Gasteiger partial charge < -0.3 is 4.74 Å². The molecular formula is C20H33NO4S2. The lowest BCUT2D eigenvalue weighted by Gasteiger charge is -2.28. The van der Waals surface area contributed by atoms with Crippen molar-refractivity contribution in [1.82, 2.24) is 4.31 Å². The molecule has 1 aromatic carbocycles. The van der Waals surface area contributed by atoms with Crippen LogP contribution in [0.2, 0.25) is 0 Å². The van der Waals surface area contributed by atoms with E-state index in [4.69, 9.17) is 4.74 Å². The minimum atomic E-state index is -3.62. The van der Waals surface area contributed by atoms with E-state index in [0.29, 0.717) is 24.7 Å². The lowest BCUT2D eigenvalue weighted by Crippen LogP contribution is -2.40. The van der Waals surface area contributed by atoms with E-state index < -0.39 is 10.0 Å². The zero-order valence-electron chi connectivity index (χ0n) is 16.9. The molecule has 0 aliphatic heterocycles. The Morgan fingerprint density at radius 2 is 1.74 bits per heavy atom. The van der Waals surface area contributed by atoms with E-state index in [-0.39, 0.29) is 16.1 Å². The number of sulfonamides is 1. The van der Waals surface area contributed by atoms with Gasteiger partial charge in [0.15, 0.2) is 5.12 Å². The normalized spacial score (nSPS) is 12.9. The highest BCUT2D eigenvalue weighted by Gasteiger charge is 2.29. The predicted molar refractivity (Wildman–Crippen MR) is 113 cm³/mol. The van der Waals surface area contributed by atoms with Crippen molar-refractivity contribution in [2.45, 2.75) is 70.7 Å². The van der Waals surface area contributed by atoms with Crippen molar-refractivity contribution in [2.24, 2.45) is 0 Å². The Kier molecular flexibility index (Phi) is 11.0. The topological polar surface area (TPSA) is 63.7 Å². The van der Waals surface area contributed by atoms with Gasteiger partial charge in [0, 0.05) is 25.3 Å². The van der Waals surface area contributed by atoms with Crippen LogP contribution in [0.25, 0.3) is 0 Å². The van der Waals surface area contributed by atoms with Crippen LogP contribution in [-0.2, 0) is 14.8 Å². The molecule has 0 N–H and O–H groups in total. The van der Waals surface area contributed by atoms with E-state index in [2.05, 4.69) is 13.8 Å². The summed E-state index contributed by atoms with van der Waals surface area (Å²) in [6.07, 6.45) is 4.83. The molecular weight excluding hydrogens is 382 g/mol. The highest BCUT2D eigenvalue weighted by atomic mass is 32.2. The molecule has 0 heterocycles. The van der Waals surface area contributed by atoms with Gasteiger partial charge in [0.2, 0.25) is 10.0 Å². The second-order valence-electron chi connectivity index (χ2n) is 6.65. The van der Waals surface area contributed by atoms with Gasteiger partial charge in [-0.15, -0.1) is 0 Å². The number of thioether (sulfide) groups is 1. The fourth-order valence-electron chi connectivity index (χ4n) is 2.59. The van der Waals surface area contributed by atoms with Crippen molar-refractivity contribution in [2.75, 3.05) is 18.9 Å². The average Bonchev–Trinajstić information content (AvgIpc) is 2.64. The van der Waals surface area contributed by atoms with Crippen LogP contribution in [0.1, 0.15) is 59.8 Å². The maximum absolute atomic E-state index is 13.2. The number of nitrogens with zero attached hydrogens (tertiary/aromatic N) is 1. The van der Waals surface area contributed by atoms with Gasteiger partial charge in [0.1, 0.15) is 5.75 Å². The summed E-state index contributed by atoms with van der Waals surface area (Å²) in [5.74, 6) is 1.14. The van der Waals surface area contributed by atoms with E-state index in [1.807, 2.05) is 6.92 Å². The van der Waals surface area contributed by atoms with Gasteiger partial charge in [-0.2, -0.15) is 4.31 Å². The summed E-state index contributed by atoms with van der Waals surface area (Å²) in [6.45, 7) is 8.64. The molecule has 1 rings (SSSR count). The minimum Gasteiger partial charge on any atom is -0.494 e. The molecule has 5 nitrogen and oxygen atoms in total. The molecule has 0 spiro atoms. The summed E-state index contributed by atoms with van der Waals surface area (Å²) in [6, 6.07) is 6.38. The third kappa shape index (κ3) is 8.23. The Bertz CT molecular complexity index is 659. The smallest absolute Gasteiger partial charge is 0.243 e. The Morgan fingerprint density at radius 1 is 1.11 bits per heavy atom. The zero-order valence-corrected chi connectivity index (χ0v) is 18.6. The Labute approximate surface area is 168 Å². The summed E-state index contributed by atoms with van der Waals surface area (Å²) in [5, 5.41) is 0.00124. The molecule has 1 atom stereocenters. The molecule has 0 fully saturated rings. The summed E-state index contributed by atoms with van der Waals surface area (Å²) in [5.41, 5.74) is 0. The van der Waals surface area contributed by atoms with Gasteiger partial charge in [-0.05, 0) is 44.0 Å². The van der Waals surface area contributed by atoms with Crippen LogP contribution in [-0.4, -0.2) is 42.8 Å². The quantitative estimate of drug-likeness (QED) is 0.436. The zero-order chi connectivity index (χ0) is 20.3. The predicted octanol–water partition coefficient (Wildman–Crippen LogP) is 4.71. The minimum absolute atomic E-state index is 0.00124. The molecule has 7 heteroatoms. The molecule has 1 aromatic rings. The van der Waals surface area contributed by atoms with Crippen molar-refractivity contribution in [3.63, 3.8) is 0 Å². The second-order valence-corrected chi connectivity index (χ2v) is 9.74. The van der Waals surface area contributed by atoms with E-state index in [1.165, 1.54) is 23.0 Å². The summed E-state index contributed by atoms with van der Waals surface area (Å²) >= 11 is 1.17. The van der Waals surface area contributed by atoms with Crippen LogP contribution >= 0.6 is 11.8 Å². The van der Waals surface area contributed by atoms with Crippen molar-refractivity contribution in [3.05, 3.63) is 24.3 Å². The first-order chi connectivity index (χ1) is 12.8. The first kappa shape index (κ1) is 24.0. The Balaban J connectivity index is 2.94. The summed E-state index contributed by atoms with van der Waals surface area (Å²) < 4.78 is 33.5. The number of benzene rings is 1. The van der Waals surface area contributed by atoms with Gasteiger partial charge in [0.05, 0.1) is 11.5 Å². The largest absolute Gasteiger partial charge is 0.494 e. The number of unbranched alkanes of at least 4 members (excludes halogenated alkanes) is 3. The number of hydrogen-bond donors (Lipinski definition) is 0. The van der Waals surface area contributed by atoms with Gasteiger partial charge >= 0.3 is 0 Å².